The largest absolute Gasteiger partial charge is 0.480 e. The van der Waals surface area contributed by atoms with Crippen LogP contribution in [-0.4, -0.2) is 23.0 Å². The van der Waals surface area contributed by atoms with Gasteiger partial charge in [0.15, 0.2) is 0 Å². The van der Waals surface area contributed by atoms with Crippen molar-refractivity contribution in [1.29, 1.82) is 0 Å². The lowest BCUT2D eigenvalue weighted by molar-refractivity contribution is -0.143. The number of nitrogens with one attached hydrogen (secondary N) is 1. The molecule has 0 saturated carbocycles. The molecule has 0 aliphatic rings. The molecule has 2 atom stereocenters. The summed E-state index contributed by atoms with van der Waals surface area (Å²) in [4.78, 5) is 23.4. The fraction of sp³-hybridized carbons (Fsp3) is 0.556. The van der Waals surface area contributed by atoms with Crippen LogP contribution in [0.5, 0.6) is 0 Å². The molecule has 2 N–H and O–H groups in total. The third-order valence-corrected chi connectivity index (χ3v) is 3.75. The fourth-order valence-electron chi connectivity index (χ4n) is 2.36. The summed E-state index contributed by atoms with van der Waals surface area (Å²) in [6, 6.07) is 7.13. The topological polar surface area (TPSA) is 66.4 Å². The number of hydrogen-bond donors (Lipinski definition) is 2. The second kappa shape index (κ2) is 7.97. The summed E-state index contributed by atoms with van der Waals surface area (Å²) < 4.78 is 0. The molecule has 1 rings (SSSR count). The Labute approximate surface area is 132 Å². The van der Waals surface area contributed by atoms with Crippen LogP contribution >= 0.6 is 0 Å². The van der Waals surface area contributed by atoms with Crippen LogP contribution in [0.3, 0.4) is 0 Å². The number of hydrogen-bond acceptors (Lipinski definition) is 2. The lowest BCUT2D eigenvalue weighted by Crippen LogP contribution is -2.45. The molecule has 22 heavy (non-hydrogen) atoms. The quantitative estimate of drug-likeness (QED) is 0.813. The maximum Gasteiger partial charge on any atom is 0.326 e. The molecule has 0 heterocycles. The first kappa shape index (κ1) is 18.2. The SMILES string of the molecule is CC(C)Cc1ccc(C(C)C(=O)NC(C(=O)O)C(C)C)cc1. The van der Waals surface area contributed by atoms with Crippen molar-refractivity contribution in [1.82, 2.24) is 5.32 Å². The molecule has 0 fully saturated rings. The highest BCUT2D eigenvalue weighted by Crippen LogP contribution is 2.18. The number of aliphatic carboxylic acids is 1. The van der Waals surface area contributed by atoms with Crippen LogP contribution in [0.15, 0.2) is 24.3 Å². The van der Waals surface area contributed by atoms with E-state index in [1.807, 2.05) is 24.3 Å². The van der Waals surface area contributed by atoms with Gasteiger partial charge in [-0.15, -0.1) is 0 Å². The lowest BCUT2D eigenvalue weighted by Gasteiger charge is -2.21. The molecular formula is C18H27NO3. The first-order valence-electron chi connectivity index (χ1n) is 7.84. The van der Waals surface area contributed by atoms with Gasteiger partial charge in [0.05, 0.1) is 5.92 Å². The summed E-state index contributed by atoms with van der Waals surface area (Å²) in [6.45, 7) is 9.70. The zero-order valence-corrected chi connectivity index (χ0v) is 14.1. The molecule has 0 aliphatic heterocycles. The Morgan fingerprint density at radius 3 is 2.00 bits per heavy atom. The van der Waals surface area contributed by atoms with Crippen LogP contribution in [0.4, 0.5) is 0 Å². The molecule has 0 spiro atoms. The molecule has 4 heteroatoms. The van der Waals surface area contributed by atoms with Crippen molar-refractivity contribution in [2.24, 2.45) is 11.8 Å². The number of carbonyl (C=O) groups excluding carboxylic acids is 1. The molecule has 0 aromatic heterocycles. The number of benzene rings is 1. The predicted molar refractivity (Wildman–Crippen MR) is 87.8 cm³/mol. The van der Waals surface area contributed by atoms with E-state index in [1.165, 1.54) is 5.56 Å². The van der Waals surface area contributed by atoms with Gasteiger partial charge in [-0.25, -0.2) is 4.79 Å². The Hall–Kier alpha value is -1.84. The van der Waals surface area contributed by atoms with E-state index in [1.54, 1.807) is 20.8 Å². The van der Waals surface area contributed by atoms with Crippen molar-refractivity contribution >= 4 is 11.9 Å². The summed E-state index contributed by atoms with van der Waals surface area (Å²) in [6.07, 6.45) is 1.01. The summed E-state index contributed by atoms with van der Waals surface area (Å²) >= 11 is 0. The summed E-state index contributed by atoms with van der Waals surface area (Å²) in [5, 5.41) is 11.8. The minimum Gasteiger partial charge on any atom is -0.480 e. The Morgan fingerprint density at radius 1 is 1.05 bits per heavy atom. The van der Waals surface area contributed by atoms with Crippen molar-refractivity contribution in [2.45, 2.75) is 53.0 Å². The molecule has 2 unspecified atom stereocenters. The standard InChI is InChI=1S/C18H27NO3/c1-11(2)10-14-6-8-15(9-7-14)13(5)17(20)19-16(12(3)4)18(21)22/h6-9,11-13,16H,10H2,1-5H3,(H,19,20)(H,21,22). The molecule has 0 radical (unpaired) electrons. The third kappa shape index (κ3) is 5.17. The highest BCUT2D eigenvalue weighted by Gasteiger charge is 2.26. The van der Waals surface area contributed by atoms with Crippen LogP contribution in [0.25, 0.3) is 0 Å². The summed E-state index contributed by atoms with van der Waals surface area (Å²) in [5.41, 5.74) is 2.15. The number of carbonyl (C=O) groups is 2. The van der Waals surface area contributed by atoms with E-state index in [9.17, 15) is 9.59 Å². The number of rotatable bonds is 7. The maximum atomic E-state index is 12.3. The monoisotopic (exact) mass is 305 g/mol. The van der Waals surface area contributed by atoms with Crippen LogP contribution < -0.4 is 5.32 Å². The Bertz CT molecular complexity index is 506. The van der Waals surface area contributed by atoms with Crippen molar-refractivity contribution in [3.05, 3.63) is 35.4 Å². The molecular weight excluding hydrogens is 278 g/mol. The molecule has 0 saturated heterocycles. The molecule has 4 nitrogen and oxygen atoms in total. The molecule has 1 amide bonds. The zero-order valence-electron chi connectivity index (χ0n) is 14.1. The summed E-state index contributed by atoms with van der Waals surface area (Å²) in [5.74, 6) is -1.18. The van der Waals surface area contributed by atoms with Gasteiger partial charge in [0.25, 0.3) is 0 Å². The maximum absolute atomic E-state index is 12.3. The first-order chi connectivity index (χ1) is 10.2. The van der Waals surface area contributed by atoms with Gasteiger partial charge in [-0.05, 0) is 36.3 Å². The van der Waals surface area contributed by atoms with E-state index in [0.29, 0.717) is 5.92 Å². The Balaban J connectivity index is 2.76. The average Bonchev–Trinajstić information content (AvgIpc) is 2.43. The van der Waals surface area contributed by atoms with Crippen LogP contribution in [0.2, 0.25) is 0 Å². The molecule has 1 aromatic rings. The minimum atomic E-state index is -0.997. The van der Waals surface area contributed by atoms with Crippen molar-refractivity contribution in [3.8, 4) is 0 Å². The fourth-order valence-corrected chi connectivity index (χ4v) is 2.36. The average molecular weight is 305 g/mol. The van der Waals surface area contributed by atoms with Gasteiger partial charge in [0.1, 0.15) is 6.04 Å². The smallest absolute Gasteiger partial charge is 0.326 e. The second-order valence-electron chi connectivity index (χ2n) is 6.63. The predicted octanol–water partition coefficient (Wildman–Crippen LogP) is 3.21. The van der Waals surface area contributed by atoms with E-state index in [0.717, 1.165) is 12.0 Å². The van der Waals surface area contributed by atoms with Gasteiger partial charge in [0, 0.05) is 0 Å². The van der Waals surface area contributed by atoms with Crippen LogP contribution in [-0.2, 0) is 16.0 Å². The Morgan fingerprint density at radius 2 is 1.59 bits per heavy atom. The molecule has 0 aliphatic carbocycles. The minimum absolute atomic E-state index is 0.151. The molecule has 1 aromatic carbocycles. The van der Waals surface area contributed by atoms with Gasteiger partial charge in [-0.2, -0.15) is 0 Å². The van der Waals surface area contributed by atoms with Gasteiger partial charge in [-0.3, -0.25) is 4.79 Å². The van der Waals surface area contributed by atoms with Crippen LogP contribution in [0, 0.1) is 11.8 Å². The van der Waals surface area contributed by atoms with Gasteiger partial charge >= 0.3 is 5.97 Å². The lowest BCUT2D eigenvalue weighted by atomic mass is 9.95. The highest BCUT2D eigenvalue weighted by molar-refractivity contribution is 5.87. The van der Waals surface area contributed by atoms with E-state index in [4.69, 9.17) is 5.11 Å². The zero-order chi connectivity index (χ0) is 16.9. The van der Waals surface area contributed by atoms with E-state index < -0.39 is 12.0 Å². The van der Waals surface area contributed by atoms with Gasteiger partial charge in [0.2, 0.25) is 5.91 Å². The third-order valence-electron chi connectivity index (χ3n) is 3.75. The van der Waals surface area contributed by atoms with E-state index in [-0.39, 0.29) is 17.7 Å². The molecule has 122 valence electrons. The van der Waals surface area contributed by atoms with Gasteiger partial charge < -0.3 is 10.4 Å². The normalized spacial score (nSPS) is 14.0. The first-order valence-corrected chi connectivity index (χ1v) is 7.84. The van der Waals surface area contributed by atoms with Crippen molar-refractivity contribution < 1.29 is 14.7 Å². The number of carboxylic acid groups (broad SMARTS) is 1. The second-order valence-corrected chi connectivity index (χ2v) is 6.63. The summed E-state index contributed by atoms with van der Waals surface area (Å²) in [7, 11) is 0. The Kier molecular flexibility index (Phi) is 6.60. The van der Waals surface area contributed by atoms with Crippen molar-refractivity contribution in [3.63, 3.8) is 0 Å². The van der Waals surface area contributed by atoms with E-state index >= 15 is 0 Å². The van der Waals surface area contributed by atoms with E-state index in [2.05, 4.69) is 19.2 Å². The highest BCUT2D eigenvalue weighted by atomic mass is 16.4. The number of carboxylic acids is 1. The van der Waals surface area contributed by atoms with Gasteiger partial charge in [-0.1, -0.05) is 52.0 Å². The number of amides is 1. The van der Waals surface area contributed by atoms with Crippen LogP contribution in [0.1, 0.15) is 51.7 Å². The molecule has 0 bridgehead atoms. The van der Waals surface area contributed by atoms with Crippen molar-refractivity contribution in [2.75, 3.05) is 0 Å².